The maximum Gasteiger partial charge on any atom is 0.234 e. The number of carbonyl (C=O) groups is 1. The number of hydrogen-bond acceptors (Lipinski definition) is 4. The van der Waals surface area contributed by atoms with Gasteiger partial charge in [0.1, 0.15) is 0 Å². The fourth-order valence-electron chi connectivity index (χ4n) is 3.45. The zero-order valence-electron chi connectivity index (χ0n) is 11.0. The van der Waals surface area contributed by atoms with Crippen molar-refractivity contribution >= 4 is 5.91 Å². The first-order chi connectivity index (χ1) is 8.81. The number of rotatable bonds is 3. The van der Waals surface area contributed by atoms with Gasteiger partial charge in [0, 0.05) is 38.8 Å². The van der Waals surface area contributed by atoms with Crippen LogP contribution >= 0.6 is 0 Å². The molecule has 4 saturated heterocycles. The minimum atomic E-state index is 0.218. The van der Waals surface area contributed by atoms with Gasteiger partial charge >= 0.3 is 0 Å². The van der Waals surface area contributed by atoms with Gasteiger partial charge in [0.25, 0.3) is 0 Å². The third-order valence-corrected chi connectivity index (χ3v) is 4.58. The van der Waals surface area contributed by atoms with Gasteiger partial charge in [-0.3, -0.25) is 9.69 Å². The molecule has 18 heavy (non-hydrogen) atoms. The summed E-state index contributed by atoms with van der Waals surface area (Å²) in [6.45, 7) is 8.11. The summed E-state index contributed by atoms with van der Waals surface area (Å²) in [5, 5.41) is 6.57. The summed E-state index contributed by atoms with van der Waals surface area (Å²) in [5.74, 6) is 0.942. The molecule has 0 radical (unpaired) electrons. The monoisotopic (exact) mass is 252 g/mol. The van der Waals surface area contributed by atoms with Crippen LogP contribution in [0.2, 0.25) is 0 Å². The molecule has 0 aromatic rings. The Bertz CT molecular complexity index is 295. The molecule has 4 rings (SSSR count). The molecule has 0 saturated carbocycles. The Morgan fingerprint density at radius 3 is 2.50 bits per heavy atom. The molecule has 2 N–H and O–H groups in total. The van der Waals surface area contributed by atoms with E-state index in [1.807, 2.05) is 0 Å². The second-order valence-electron chi connectivity index (χ2n) is 5.84. The van der Waals surface area contributed by atoms with Crippen LogP contribution in [-0.2, 0) is 4.79 Å². The fraction of sp³-hybridized carbons (Fsp3) is 0.923. The fourth-order valence-corrected chi connectivity index (χ4v) is 3.45. The largest absolute Gasteiger partial charge is 0.351 e. The lowest BCUT2D eigenvalue weighted by molar-refractivity contribution is -0.124. The highest BCUT2D eigenvalue weighted by Gasteiger charge is 2.34. The molecule has 102 valence electrons. The molecule has 4 heterocycles. The molecular formula is C13H24N4O. The summed E-state index contributed by atoms with van der Waals surface area (Å²) in [4.78, 5) is 16.8. The van der Waals surface area contributed by atoms with Crippen molar-refractivity contribution in [2.75, 3.05) is 52.4 Å². The minimum absolute atomic E-state index is 0.218. The van der Waals surface area contributed by atoms with Crippen LogP contribution in [0.15, 0.2) is 0 Å². The molecule has 0 spiro atoms. The van der Waals surface area contributed by atoms with Crippen molar-refractivity contribution in [1.29, 1.82) is 0 Å². The summed E-state index contributed by atoms with van der Waals surface area (Å²) in [6.07, 6.45) is 2.52. The predicted molar refractivity (Wildman–Crippen MR) is 70.4 cm³/mol. The average Bonchev–Trinajstić information content (AvgIpc) is 2.41. The summed E-state index contributed by atoms with van der Waals surface area (Å²) in [7, 11) is 0. The Labute approximate surface area is 109 Å². The molecule has 4 aliphatic heterocycles. The summed E-state index contributed by atoms with van der Waals surface area (Å²) in [5.41, 5.74) is 0. The van der Waals surface area contributed by atoms with E-state index >= 15 is 0 Å². The van der Waals surface area contributed by atoms with Crippen LogP contribution in [0.5, 0.6) is 0 Å². The van der Waals surface area contributed by atoms with Crippen molar-refractivity contribution in [3.05, 3.63) is 0 Å². The van der Waals surface area contributed by atoms with E-state index in [0.29, 0.717) is 12.6 Å². The number of nitrogens with zero attached hydrogens (tertiary/aromatic N) is 2. The van der Waals surface area contributed by atoms with Crippen LogP contribution < -0.4 is 10.6 Å². The van der Waals surface area contributed by atoms with Crippen molar-refractivity contribution < 1.29 is 4.79 Å². The van der Waals surface area contributed by atoms with E-state index in [-0.39, 0.29) is 5.91 Å². The highest BCUT2D eigenvalue weighted by Crippen LogP contribution is 2.27. The number of carbonyl (C=O) groups excluding carboxylic acids is 1. The summed E-state index contributed by atoms with van der Waals surface area (Å²) >= 11 is 0. The Morgan fingerprint density at radius 2 is 1.89 bits per heavy atom. The SMILES string of the molecule is O=C(CN1CCNCC1)NC1CN2CCC1CC2. The topological polar surface area (TPSA) is 47.6 Å². The molecule has 5 heteroatoms. The quantitative estimate of drug-likeness (QED) is 0.683. The Balaban J connectivity index is 1.45. The molecule has 4 aliphatic rings. The van der Waals surface area contributed by atoms with Gasteiger partial charge < -0.3 is 15.5 Å². The highest BCUT2D eigenvalue weighted by molar-refractivity contribution is 5.78. The van der Waals surface area contributed by atoms with E-state index in [2.05, 4.69) is 20.4 Å². The lowest BCUT2D eigenvalue weighted by Crippen LogP contribution is -2.58. The first kappa shape index (κ1) is 12.4. The van der Waals surface area contributed by atoms with E-state index in [4.69, 9.17) is 0 Å². The first-order valence-electron chi connectivity index (χ1n) is 7.26. The maximum absolute atomic E-state index is 12.1. The molecule has 0 aromatic heterocycles. The molecule has 1 atom stereocenters. The highest BCUT2D eigenvalue weighted by atomic mass is 16.2. The summed E-state index contributed by atoms with van der Waals surface area (Å²) in [6, 6.07) is 0.405. The van der Waals surface area contributed by atoms with E-state index in [1.54, 1.807) is 0 Å². The van der Waals surface area contributed by atoms with E-state index < -0.39 is 0 Å². The average molecular weight is 252 g/mol. The van der Waals surface area contributed by atoms with Crippen LogP contribution in [0, 0.1) is 5.92 Å². The van der Waals surface area contributed by atoms with Crippen LogP contribution in [0.25, 0.3) is 0 Å². The van der Waals surface area contributed by atoms with Gasteiger partial charge in [0.2, 0.25) is 5.91 Å². The van der Waals surface area contributed by atoms with Crippen molar-refractivity contribution in [3.8, 4) is 0 Å². The van der Waals surface area contributed by atoms with Gasteiger partial charge in [0.05, 0.1) is 6.54 Å². The lowest BCUT2D eigenvalue weighted by Gasteiger charge is -2.45. The molecule has 0 aromatic carbocycles. The molecule has 1 unspecified atom stereocenters. The summed E-state index contributed by atoms with van der Waals surface area (Å²) < 4.78 is 0. The minimum Gasteiger partial charge on any atom is -0.351 e. The van der Waals surface area contributed by atoms with E-state index in [0.717, 1.165) is 38.6 Å². The van der Waals surface area contributed by atoms with Gasteiger partial charge in [-0.05, 0) is 31.8 Å². The van der Waals surface area contributed by atoms with Crippen LogP contribution in [0.3, 0.4) is 0 Å². The lowest BCUT2D eigenvalue weighted by atomic mass is 9.84. The van der Waals surface area contributed by atoms with Crippen molar-refractivity contribution in [2.24, 2.45) is 5.92 Å². The normalized spacial score (nSPS) is 36.6. The molecular weight excluding hydrogens is 228 g/mol. The molecule has 4 fully saturated rings. The van der Waals surface area contributed by atoms with Crippen LogP contribution in [0.1, 0.15) is 12.8 Å². The number of amides is 1. The number of hydrogen-bond donors (Lipinski definition) is 2. The van der Waals surface area contributed by atoms with Crippen molar-refractivity contribution in [3.63, 3.8) is 0 Å². The van der Waals surface area contributed by atoms with E-state index in [9.17, 15) is 4.79 Å². The zero-order valence-corrected chi connectivity index (χ0v) is 11.0. The van der Waals surface area contributed by atoms with Crippen molar-refractivity contribution in [1.82, 2.24) is 20.4 Å². The molecule has 1 amide bonds. The molecule has 0 aliphatic carbocycles. The molecule has 2 bridgehead atoms. The number of piperazine rings is 1. The number of piperidine rings is 3. The Morgan fingerprint density at radius 1 is 1.17 bits per heavy atom. The molecule has 5 nitrogen and oxygen atoms in total. The number of fused-ring (bicyclic) bond motifs is 3. The predicted octanol–water partition coefficient (Wildman–Crippen LogP) is -0.898. The maximum atomic E-state index is 12.1. The first-order valence-corrected chi connectivity index (χ1v) is 7.26. The van der Waals surface area contributed by atoms with Crippen LogP contribution in [0.4, 0.5) is 0 Å². The van der Waals surface area contributed by atoms with Gasteiger partial charge in [-0.2, -0.15) is 0 Å². The van der Waals surface area contributed by atoms with Gasteiger partial charge in [-0.15, -0.1) is 0 Å². The van der Waals surface area contributed by atoms with Gasteiger partial charge in [-0.1, -0.05) is 0 Å². The Kier molecular flexibility index (Phi) is 3.82. The van der Waals surface area contributed by atoms with Gasteiger partial charge in [0.15, 0.2) is 0 Å². The third-order valence-electron chi connectivity index (χ3n) is 4.58. The third kappa shape index (κ3) is 2.84. The smallest absolute Gasteiger partial charge is 0.234 e. The van der Waals surface area contributed by atoms with Gasteiger partial charge in [-0.25, -0.2) is 0 Å². The van der Waals surface area contributed by atoms with E-state index in [1.165, 1.54) is 25.9 Å². The second-order valence-corrected chi connectivity index (χ2v) is 5.84. The standard InChI is InChI=1S/C13H24N4O/c18-13(10-17-7-3-14-4-8-17)15-12-9-16-5-1-11(12)2-6-16/h11-12,14H,1-10H2,(H,15,18). The number of nitrogens with one attached hydrogen (secondary N) is 2. The zero-order chi connectivity index (χ0) is 12.4. The van der Waals surface area contributed by atoms with Crippen LogP contribution in [-0.4, -0.2) is 74.1 Å². The van der Waals surface area contributed by atoms with Crippen molar-refractivity contribution in [2.45, 2.75) is 18.9 Å². The second kappa shape index (κ2) is 5.55. The Hall–Kier alpha value is -0.650.